The van der Waals surface area contributed by atoms with Gasteiger partial charge < -0.3 is 15.5 Å². The van der Waals surface area contributed by atoms with Crippen LogP contribution in [0.1, 0.15) is 12.5 Å². The van der Waals surface area contributed by atoms with E-state index in [-0.39, 0.29) is 18.4 Å². The Hall–Kier alpha value is -3.69. The van der Waals surface area contributed by atoms with Gasteiger partial charge in [0.25, 0.3) is 11.8 Å². The average Bonchev–Trinajstić information content (AvgIpc) is 2.73. The van der Waals surface area contributed by atoms with Crippen LogP contribution in [0.15, 0.2) is 66.7 Å². The Morgan fingerprint density at radius 3 is 2.41 bits per heavy atom. The van der Waals surface area contributed by atoms with Crippen molar-refractivity contribution in [3.63, 3.8) is 0 Å². The van der Waals surface area contributed by atoms with Crippen LogP contribution in [0.3, 0.4) is 0 Å². The first kappa shape index (κ1) is 20.1. The SMILES string of the molecule is C[C@H](C(=O)Nc1ccccc1C#N)[NH+](C)CC(=O)Nc1cccc2ccccc12. The zero-order chi connectivity index (χ0) is 20.8. The van der Waals surface area contributed by atoms with E-state index in [0.717, 1.165) is 21.4 Å². The molecule has 0 fully saturated rings. The van der Waals surface area contributed by atoms with E-state index in [4.69, 9.17) is 5.26 Å². The molecule has 146 valence electrons. The van der Waals surface area contributed by atoms with Crippen molar-refractivity contribution in [2.24, 2.45) is 0 Å². The fraction of sp³-hybridized carbons (Fsp3) is 0.174. The highest BCUT2D eigenvalue weighted by Gasteiger charge is 2.24. The molecule has 0 bridgehead atoms. The molecule has 29 heavy (non-hydrogen) atoms. The number of quaternary nitrogens is 1. The molecule has 6 heteroatoms. The van der Waals surface area contributed by atoms with E-state index in [1.54, 1.807) is 38.2 Å². The van der Waals surface area contributed by atoms with Crippen LogP contribution < -0.4 is 15.5 Å². The van der Waals surface area contributed by atoms with Crippen LogP contribution in [0.25, 0.3) is 10.8 Å². The number of fused-ring (bicyclic) bond motifs is 1. The Morgan fingerprint density at radius 2 is 1.62 bits per heavy atom. The maximum atomic E-state index is 12.6. The third kappa shape index (κ3) is 4.78. The summed E-state index contributed by atoms with van der Waals surface area (Å²) in [6, 6.07) is 22.0. The van der Waals surface area contributed by atoms with Crippen molar-refractivity contribution in [3.05, 3.63) is 72.3 Å². The van der Waals surface area contributed by atoms with E-state index >= 15 is 0 Å². The summed E-state index contributed by atoms with van der Waals surface area (Å²) in [6.07, 6.45) is 0. The van der Waals surface area contributed by atoms with Gasteiger partial charge in [0.1, 0.15) is 6.07 Å². The zero-order valence-corrected chi connectivity index (χ0v) is 16.4. The minimum Gasteiger partial charge on any atom is -0.321 e. The van der Waals surface area contributed by atoms with Gasteiger partial charge in [0.2, 0.25) is 0 Å². The summed E-state index contributed by atoms with van der Waals surface area (Å²) in [5.41, 5.74) is 1.63. The van der Waals surface area contributed by atoms with E-state index in [0.29, 0.717) is 11.3 Å². The largest absolute Gasteiger partial charge is 0.321 e. The Morgan fingerprint density at radius 1 is 0.966 bits per heavy atom. The molecule has 3 rings (SSSR count). The summed E-state index contributed by atoms with van der Waals surface area (Å²) in [5.74, 6) is -0.418. The molecule has 2 atom stereocenters. The summed E-state index contributed by atoms with van der Waals surface area (Å²) in [7, 11) is 1.79. The van der Waals surface area contributed by atoms with Gasteiger partial charge in [-0.3, -0.25) is 9.59 Å². The number of nitrogens with zero attached hydrogens (tertiary/aromatic N) is 1. The van der Waals surface area contributed by atoms with Crippen molar-refractivity contribution in [3.8, 4) is 6.07 Å². The van der Waals surface area contributed by atoms with Gasteiger partial charge in [0, 0.05) is 11.1 Å². The molecule has 0 saturated carbocycles. The lowest BCUT2D eigenvalue weighted by Gasteiger charge is -2.21. The van der Waals surface area contributed by atoms with Crippen molar-refractivity contribution in [1.82, 2.24) is 0 Å². The summed E-state index contributed by atoms with van der Waals surface area (Å²) in [4.78, 5) is 25.9. The van der Waals surface area contributed by atoms with Gasteiger partial charge in [-0.1, -0.05) is 48.5 Å². The number of para-hydroxylation sites is 1. The summed E-state index contributed by atoms with van der Waals surface area (Å²) in [5, 5.41) is 16.9. The number of rotatable bonds is 6. The molecule has 3 aromatic carbocycles. The summed E-state index contributed by atoms with van der Waals surface area (Å²) < 4.78 is 0. The predicted octanol–water partition coefficient (Wildman–Crippen LogP) is 2.19. The first-order valence-electron chi connectivity index (χ1n) is 9.39. The summed E-state index contributed by atoms with van der Waals surface area (Å²) >= 11 is 0. The van der Waals surface area contributed by atoms with E-state index in [2.05, 4.69) is 16.7 Å². The molecule has 3 aromatic rings. The maximum Gasteiger partial charge on any atom is 0.282 e. The molecular formula is C23H23N4O2+. The van der Waals surface area contributed by atoms with Crippen LogP contribution in [-0.2, 0) is 9.59 Å². The first-order valence-corrected chi connectivity index (χ1v) is 9.39. The van der Waals surface area contributed by atoms with Crippen molar-refractivity contribution < 1.29 is 14.5 Å². The van der Waals surface area contributed by atoms with E-state index in [9.17, 15) is 9.59 Å². The van der Waals surface area contributed by atoms with E-state index in [1.807, 2.05) is 42.5 Å². The molecule has 0 aliphatic heterocycles. The summed E-state index contributed by atoms with van der Waals surface area (Å²) in [6.45, 7) is 1.89. The Labute approximate surface area is 169 Å². The van der Waals surface area contributed by atoms with Gasteiger partial charge >= 0.3 is 0 Å². The molecule has 3 N–H and O–H groups in total. The Balaban J connectivity index is 1.63. The number of carbonyl (C=O) groups is 2. The third-order valence-corrected chi connectivity index (χ3v) is 4.94. The molecule has 0 heterocycles. The smallest absolute Gasteiger partial charge is 0.282 e. The molecule has 0 saturated heterocycles. The minimum absolute atomic E-state index is 0.137. The number of hydrogen-bond acceptors (Lipinski definition) is 3. The van der Waals surface area contributed by atoms with Crippen molar-refractivity contribution >= 4 is 34.0 Å². The number of amides is 2. The number of nitriles is 1. The highest BCUT2D eigenvalue weighted by atomic mass is 16.2. The fourth-order valence-corrected chi connectivity index (χ4v) is 3.09. The van der Waals surface area contributed by atoms with Crippen molar-refractivity contribution in [2.45, 2.75) is 13.0 Å². The van der Waals surface area contributed by atoms with Crippen LogP contribution >= 0.6 is 0 Å². The van der Waals surface area contributed by atoms with Crippen LogP contribution in [0.4, 0.5) is 11.4 Å². The Kier molecular flexibility index (Phi) is 6.22. The third-order valence-electron chi connectivity index (χ3n) is 4.94. The van der Waals surface area contributed by atoms with Crippen LogP contribution in [0.5, 0.6) is 0 Å². The van der Waals surface area contributed by atoms with Gasteiger partial charge in [-0.25, -0.2) is 0 Å². The van der Waals surface area contributed by atoms with E-state index < -0.39 is 6.04 Å². The number of benzene rings is 3. The average molecular weight is 387 g/mol. The molecule has 0 aliphatic carbocycles. The van der Waals surface area contributed by atoms with Gasteiger partial charge in [-0.15, -0.1) is 0 Å². The number of nitrogens with one attached hydrogen (secondary N) is 3. The second-order valence-electron chi connectivity index (χ2n) is 6.97. The number of hydrogen-bond donors (Lipinski definition) is 3. The standard InChI is InChI=1S/C23H22N4O2/c1-16(23(29)26-20-12-6-4-9-18(20)14-24)27(2)15-22(28)25-21-13-7-10-17-8-3-5-11-19(17)21/h3-13,16H,15H2,1-2H3,(H,25,28)(H,26,29)/p+1/t16-/m1/s1. The normalized spacial score (nSPS) is 12.6. The topological polar surface area (TPSA) is 86.4 Å². The lowest BCUT2D eigenvalue weighted by Crippen LogP contribution is -3.14. The van der Waals surface area contributed by atoms with Gasteiger partial charge in [0.15, 0.2) is 12.6 Å². The quantitative estimate of drug-likeness (QED) is 0.606. The molecule has 0 aliphatic rings. The van der Waals surface area contributed by atoms with Gasteiger partial charge in [-0.05, 0) is 30.5 Å². The highest BCUT2D eigenvalue weighted by Crippen LogP contribution is 2.22. The van der Waals surface area contributed by atoms with Crippen molar-refractivity contribution in [2.75, 3.05) is 24.2 Å². The molecule has 1 unspecified atom stereocenters. The van der Waals surface area contributed by atoms with Crippen molar-refractivity contribution in [1.29, 1.82) is 5.26 Å². The number of likely N-dealkylation sites (N-methyl/N-ethyl adjacent to an activating group) is 1. The monoisotopic (exact) mass is 387 g/mol. The van der Waals surface area contributed by atoms with Crippen LogP contribution in [0, 0.1) is 11.3 Å². The lowest BCUT2D eigenvalue weighted by atomic mass is 10.1. The van der Waals surface area contributed by atoms with Gasteiger partial charge in [0.05, 0.1) is 18.3 Å². The van der Waals surface area contributed by atoms with E-state index in [1.165, 1.54) is 0 Å². The molecular weight excluding hydrogens is 364 g/mol. The second-order valence-corrected chi connectivity index (χ2v) is 6.97. The minimum atomic E-state index is -0.472. The lowest BCUT2D eigenvalue weighted by molar-refractivity contribution is -0.885. The molecule has 0 aromatic heterocycles. The Bertz CT molecular complexity index is 1080. The number of carbonyl (C=O) groups excluding carboxylic acids is 2. The molecule has 0 spiro atoms. The second kappa shape index (κ2) is 9.00. The van der Waals surface area contributed by atoms with Crippen LogP contribution in [-0.4, -0.2) is 31.4 Å². The zero-order valence-electron chi connectivity index (χ0n) is 16.4. The number of anilines is 2. The maximum absolute atomic E-state index is 12.6. The highest BCUT2D eigenvalue weighted by molar-refractivity contribution is 6.02. The van der Waals surface area contributed by atoms with Crippen LogP contribution in [0.2, 0.25) is 0 Å². The molecule has 0 radical (unpaired) electrons. The molecule has 6 nitrogen and oxygen atoms in total. The fourth-order valence-electron chi connectivity index (χ4n) is 3.09. The molecule has 2 amide bonds. The first-order chi connectivity index (χ1) is 14.0. The predicted molar refractivity (Wildman–Crippen MR) is 114 cm³/mol. The van der Waals surface area contributed by atoms with Gasteiger partial charge in [-0.2, -0.15) is 5.26 Å².